The van der Waals surface area contributed by atoms with Gasteiger partial charge in [-0.05, 0) is 30.5 Å². The van der Waals surface area contributed by atoms with Crippen molar-refractivity contribution in [2.45, 2.75) is 31.6 Å². The maximum atomic E-state index is 6.12. The lowest BCUT2D eigenvalue weighted by molar-refractivity contribution is 0.0767. The monoisotopic (exact) mass is 379 g/mol. The van der Waals surface area contributed by atoms with E-state index in [1.807, 2.05) is 27.2 Å². The Hall–Kier alpha value is -2.34. The summed E-state index contributed by atoms with van der Waals surface area (Å²) in [6.45, 7) is 2.86. The van der Waals surface area contributed by atoms with Gasteiger partial charge in [-0.3, -0.25) is 4.99 Å². The van der Waals surface area contributed by atoms with Gasteiger partial charge in [-0.2, -0.15) is 0 Å². The van der Waals surface area contributed by atoms with Crippen LogP contribution in [0.2, 0.25) is 0 Å². The Bertz CT molecular complexity index is 893. The second kappa shape index (κ2) is 6.92. The number of hydrogen-bond acceptors (Lipinski definition) is 4. The molecule has 5 rings (SSSR count). The molecule has 1 aromatic heterocycles. The molecule has 28 heavy (non-hydrogen) atoms. The van der Waals surface area contributed by atoms with Crippen LogP contribution in [0.25, 0.3) is 10.9 Å². The molecule has 0 spiro atoms. The van der Waals surface area contributed by atoms with Crippen LogP contribution in [0, 0.1) is 11.8 Å². The first-order valence-electron chi connectivity index (χ1n) is 10.3. The smallest absolute Gasteiger partial charge is 0.193 e. The molecule has 0 saturated carbocycles. The molecule has 2 aromatic rings. The molecule has 0 aliphatic carbocycles. The molecule has 3 fully saturated rings. The maximum Gasteiger partial charge on any atom is 0.193 e. The zero-order chi connectivity index (χ0) is 19.3. The Morgan fingerprint density at radius 3 is 2.61 bits per heavy atom. The summed E-state index contributed by atoms with van der Waals surface area (Å²) in [5.41, 5.74) is 2.28. The number of aromatic nitrogens is 1. The Labute approximate surface area is 166 Å². The van der Waals surface area contributed by atoms with Crippen LogP contribution in [0.5, 0.6) is 0 Å². The van der Waals surface area contributed by atoms with E-state index >= 15 is 0 Å². The number of likely N-dealkylation sites (tertiary alicyclic amines) is 1. The van der Waals surface area contributed by atoms with Crippen molar-refractivity contribution in [1.29, 1.82) is 0 Å². The first-order valence-corrected chi connectivity index (χ1v) is 10.3. The number of rotatable bonds is 3. The second-order valence-electron chi connectivity index (χ2n) is 8.47. The van der Waals surface area contributed by atoms with Crippen molar-refractivity contribution in [3.63, 3.8) is 0 Å². The van der Waals surface area contributed by atoms with Gasteiger partial charge in [0, 0.05) is 58.0 Å². The highest BCUT2D eigenvalue weighted by Crippen LogP contribution is 2.47. The summed E-state index contributed by atoms with van der Waals surface area (Å²) >= 11 is 0. The molecule has 3 aliphatic rings. The van der Waals surface area contributed by atoms with Crippen LogP contribution >= 0.6 is 0 Å². The van der Waals surface area contributed by atoms with Gasteiger partial charge in [0.05, 0.1) is 17.7 Å². The van der Waals surface area contributed by atoms with E-state index in [0.29, 0.717) is 24.0 Å². The third kappa shape index (κ3) is 2.91. The molecule has 1 N–H and O–H groups in total. The highest BCUT2D eigenvalue weighted by Gasteiger charge is 2.53. The average molecular weight is 380 g/mol. The van der Waals surface area contributed by atoms with Crippen molar-refractivity contribution in [3.8, 4) is 0 Å². The average Bonchev–Trinajstić information content (AvgIpc) is 3.41. The lowest BCUT2D eigenvalue weighted by Gasteiger charge is -2.24. The molecule has 6 heteroatoms. The molecule has 4 heterocycles. The van der Waals surface area contributed by atoms with E-state index in [0.717, 1.165) is 36.9 Å². The van der Waals surface area contributed by atoms with Gasteiger partial charge in [-0.1, -0.05) is 18.2 Å². The van der Waals surface area contributed by atoms with Crippen molar-refractivity contribution in [3.05, 3.63) is 35.9 Å². The lowest BCUT2D eigenvalue weighted by Crippen LogP contribution is -2.41. The standard InChI is InChI=1S/C22H29N5O/c1-23-22(27-12-16-17(13-27)20-9-8-19(16)28-20)24-11-14-10-21(26(2)3)25-18-7-5-4-6-15(14)18/h4-7,10,16-17,19-20H,8-9,11-13H2,1-3H3,(H,23,24). The van der Waals surface area contributed by atoms with E-state index in [4.69, 9.17) is 9.72 Å². The minimum atomic E-state index is 0.477. The molecule has 0 radical (unpaired) electrons. The third-order valence-electron chi connectivity index (χ3n) is 6.65. The fourth-order valence-electron chi connectivity index (χ4n) is 5.25. The summed E-state index contributed by atoms with van der Waals surface area (Å²) in [7, 11) is 5.96. The lowest BCUT2D eigenvalue weighted by atomic mass is 9.82. The summed E-state index contributed by atoms with van der Waals surface area (Å²) in [5.74, 6) is 3.34. The van der Waals surface area contributed by atoms with Gasteiger partial charge in [0.1, 0.15) is 5.82 Å². The Kier molecular flexibility index (Phi) is 4.38. The maximum absolute atomic E-state index is 6.12. The number of nitrogens with one attached hydrogen (secondary N) is 1. The summed E-state index contributed by atoms with van der Waals surface area (Å²) in [4.78, 5) is 13.8. The number of pyridine rings is 1. The van der Waals surface area contributed by atoms with E-state index in [2.05, 4.69) is 44.4 Å². The number of nitrogens with zero attached hydrogens (tertiary/aromatic N) is 4. The SMILES string of the molecule is CN=C(NCc1cc(N(C)C)nc2ccccc12)N1CC2C3CCC(O3)C2C1. The number of ether oxygens (including phenoxy) is 1. The number of aliphatic imine (C=N–C) groups is 1. The van der Waals surface area contributed by atoms with Crippen molar-refractivity contribution in [2.75, 3.05) is 39.1 Å². The van der Waals surface area contributed by atoms with Crippen LogP contribution in [0.15, 0.2) is 35.3 Å². The van der Waals surface area contributed by atoms with Gasteiger partial charge in [0.25, 0.3) is 0 Å². The quantitative estimate of drug-likeness (QED) is 0.656. The Morgan fingerprint density at radius 2 is 1.93 bits per heavy atom. The molecule has 4 atom stereocenters. The van der Waals surface area contributed by atoms with Gasteiger partial charge >= 0.3 is 0 Å². The van der Waals surface area contributed by atoms with E-state index < -0.39 is 0 Å². The van der Waals surface area contributed by atoms with Crippen LogP contribution in [0.3, 0.4) is 0 Å². The van der Waals surface area contributed by atoms with Crippen LogP contribution < -0.4 is 10.2 Å². The van der Waals surface area contributed by atoms with E-state index in [1.54, 1.807) is 0 Å². The van der Waals surface area contributed by atoms with Gasteiger partial charge in [0.2, 0.25) is 0 Å². The Balaban J connectivity index is 1.34. The summed E-state index contributed by atoms with van der Waals surface area (Å²) in [6.07, 6.45) is 3.43. The zero-order valence-electron chi connectivity index (χ0n) is 16.9. The molecule has 0 amide bonds. The minimum absolute atomic E-state index is 0.477. The van der Waals surface area contributed by atoms with Crippen molar-refractivity contribution >= 4 is 22.7 Å². The molecule has 4 unspecified atom stereocenters. The van der Waals surface area contributed by atoms with E-state index in [1.165, 1.54) is 23.8 Å². The predicted molar refractivity (Wildman–Crippen MR) is 113 cm³/mol. The van der Waals surface area contributed by atoms with Crippen LogP contribution in [0.4, 0.5) is 5.82 Å². The molecule has 3 saturated heterocycles. The largest absolute Gasteiger partial charge is 0.374 e. The summed E-state index contributed by atoms with van der Waals surface area (Å²) < 4.78 is 6.12. The topological polar surface area (TPSA) is 53.0 Å². The molecule has 3 aliphatic heterocycles. The van der Waals surface area contributed by atoms with E-state index in [9.17, 15) is 0 Å². The van der Waals surface area contributed by atoms with Gasteiger partial charge in [-0.25, -0.2) is 4.98 Å². The van der Waals surface area contributed by atoms with Gasteiger partial charge in [0.15, 0.2) is 5.96 Å². The number of guanidine groups is 1. The van der Waals surface area contributed by atoms with Crippen LogP contribution in [-0.2, 0) is 11.3 Å². The van der Waals surface area contributed by atoms with Crippen molar-refractivity contribution in [1.82, 2.24) is 15.2 Å². The number of anilines is 1. The number of fused-ring (bicyclic) bond motifs is 6. The van der Waals surface area contributed by atoms with E-state index in [-0.39, 0.29) is 0 Å². The molecular formula is C22H29N5O. The molecule has 2 bridgehead atoms. The molecule has 148 valence electrons. The van der Waals surface area contributed by atoms with Crippen molar-refractivity contribution in [2.24, 2.45) is 16.8 Å². The number of hydrogen-bond donors (Lipinski definition) is 1. The normalized spacial score (nSPS) is 28.8. The molecular weight excluding hydrogens is 350 g/mol. The highest BCUT2D eigenvalue weighted by atomic mass is 16.5. The van der Waals surface area contributed by atoms with Crippen LogP contribution in [-0.4, -0.2) is 62.3 Å². The zero-order valence-corrected chi connectivity index (χ0v) is 16.9. The number of benzene rings is 1. The fraction of sp³-hybridized carbons (Fsp3) is 0.545. The van der Waals surface area contributed by atoms with Crippen LogP contribution in [0.1, 0.15) is 18.4 Å². The molecule has 1 aromatic carbocycles. The highest BCUT2D eigenvalue weighted by molar-refractivity contribution is 5.85. The van der Waals surface area contributed by atoms with Gasteiger partial charge in [-0.15, -0.1) is 0 Å². The van der Waals surface area contributed by atoms with Gasteiger partial charge < -0.3 is 19.9 Å². The fourth-order valence-corrected chi connectivity index (χ4v) is 5.25. The predicted octanol–water partition coefficient (Wildman–Crippen LogP) is 2.49. The summed E-state index contributed by atoms with van der Waals surface area (Å²) in [6, 6.07) is 10.5. The first kappa shape index (κ1) is 17.7. The minimum Gasteiger partial charge on any atom is -0.374 e. The Morgan fingerprint density at radius 1 is 1.21 bits per heavy atom. The first-order chi connectivity index (χ1) is 13.6. The summed E-state index contributed by atoms with van der Waals surface area (Å²) in [5, 5.41) is 4.81. The van der Waals surface area contributed by atoms with Crippen molar-refractivity contribution < 1.29 is 4.74 Å². The second-order valence-corrected chi connectivity index (χ2v) is 8.47. The third-order valence-corrected chi connectivity index (χ3v) is 6.65. The molecule has 6 nitrogen and oxygen atoms in total. The number of para-hydroxylation sites is 1.